The van der Waals surface area contributed by atoms with Crippen LogP contribution in [0.2, 0.25) is 0 Å². The summed E-state index contributed by atoms with van der Waals surface area (Å²) < 4.78 is 47.7. The molecule has 1 saturated heterocycles. The Morgan fingerprint density at radius 1 is 1.45 bits per heavy atom. The average Bonchev–Trinajstić information content (AvgIpc) is 2.89. The first-order valence-electron chi connectivity index (χ1n) is 6.18. The van der Waals surface area contributed by atoms with E-state index >= 15 is 0 Å². The van der Waals surface area contributed by atoms with Crippen molar-refractivity contribution in [2.75, 3.05) is 18.5 Å². The van der Waals surface area contributed by atoms with E-state index in [1.807, 2.05) is 0 Å². The fourth-order valence-electron chi connectivity index (χ4n) is 1.87. The molecule has 1 atom stereocenters. The molecule has 0 unspecified atom stereocenters. The molecule has 0 radical (unpaired) electrons. The van der Waals surface area contributed by atoms with E-state index in [2.05, 4.69) is 5.32 Å². The standard InChI is InChI=1S/C13H14F3NO3/c14-13(15,16)9-3-1-4-10(7-9)17-12(18)20-8-11-5-2-6-19-11/h1,3-4,7,11H,2,5-6,8H2,(H,17,18)/t11-/m1/s1. The van der Waals surface area contributed by atoms with Gasteiger partial charge in [-0.15, -0.1) is 0 Å². The van der Waals surface area contributed by atoms with Crippen molar-refractivity contribution in [3.8, 4) is 0 Å². The Morgan fingerprint density at radius 2 is 2.25 bits per heavy atom. The molecular weight excluding hydrogens is 275 g/mol. The molecule has 1 aromatic rings. The van der Waals surface area contributed by atoms with E-state index in [1.54, 1.807) is 0 Å². The number of halogens is 3. The Bertz CT molecular complexity index is 470. The summed E-state index contributed by atoms with van der Waals surface area (Å²) in [5.74, 6) is 0. The van der Waals surface area contributed by atoms with Crippen molar-refractivity contribution in [2.24, 2.45) is 0 Å². The van der Waals surface area contributed by atoms with E-state index in [0.717, 1.165) is 25.0 Å². The van der Waals surface area contributed by atoms with E-state index in [1.165, 1.54) is 12.1 Å². The number of alkyl halides is 3. The maximum absolute atomic E-state index is 12.5. The second kappa shape index (κ2) is 6.13. The highest BCUT2D eigenvalue weighted by atomic mass is 19.4. The van der Waals surface area contributed by atoms with E-state index in [4.69, 9.17) is 9.47 Å². The lowest BCUT2D eigenvalue weighted by Gasteiger charge is -2.12. The van der Waals surface area contributed by atoms with Gasteiger partial charge in [-0.25, -0.2) is 4.79 Å². The molecule has 0 aliphatic carbocycles. The zero-order valence-corrected chi connectivity index (χ0v) is 10.6. The summed E-state index contributed by atoms with van der Waals surface area (Å²) in [7, 11) is 0. The van der Waals surface area contributed by atoms with Crippen molar-refractivity contribution in [3.63, 3.8) is 0 Å². The predicted octanol–water partition coefficient (Wildman–Crippen LogP) is 3.43. The van der Waals surface area contributed by atoms with Gasteiger partial charge in [0.05, 0.1) is 11.7 Å². The summed E-state index contributed by atoms with van der Waals surface area (Å²) in [5.41, 5.74) is -0.786. The Balaban J connectivity index is 1.87. The van der Waals surface area contributed by atoms with Crippen molar-refractivity contribution in [1.82, 2.24) is 0 Å². The van der Waals surface area contributed by atoms with Crippen molar-refractivity contribution >= 4 is 11.8 Å². The molecule has 1 aliphatic heterocycles. The summed E-state index contributed by atoms with van der Waals surface area (Å²) in [6.45, 7) is 0.744. The molecule has 1 heterocycles. The summed E-state index contributed by atoms with van der Waals surface area (Å²) in [5, 5.41) is 2.26. The van der Waals surface area contributed by atoms with Crippen LogP contribution in [0, 0.1) is 0 Å². The number of ether oxygens (including phenoxy) is 2. The number of hydrogen-bond donors (Lipinski definition) is 1. The molecule has 0 aromatic heterocycles. The molecule has 2 rings (SSSR count). The predicted molar refractivity (Wildman–Crippen MR) is 65.4 cm³/mol. The van der Waals surface area contributed by atoms with Crippen LogP contribution < -0.4 is 5.32 Å². The van der Waals surface area contributed by atoms with Crippen LogP contribution in [0.4, 0.5) is 23.7 Å². The molecule has 1 aromatic carbocycles. The SMILES string of the molecule is O=C(Nc1cccc(C(F)(F)F)c1)OC[C@H]1CCCO1. The number of amides is 1. The third-order valence-electron chi connectivity index (χ3n) is 2.86. The van der Waals surface area contributed by atoms with Gasteiger partial charge in [-0.05, 0) is 31.0 Å². The quantitative estimate of drug-likeness (QED) is 0.927. The minimum Gasteiger partial charge on any atom is -0.447 e. The zero-order chi connectivity index (χ0) is 14.6. The maximum Gasteiger partial charge on any atom is 0.416 e. The van der Waals surface area contributed by atoms with Gasteiger partial charge >= 0.3 is 12.3 Å². The van der Waals surface area contributed by atoms with Gasteiger partial charge in [-0.3, -0.25) is 5.32 Å². The Morgan fingerprint density at radius 3 is 2.90 bits per heavy atom. The number of carbonyl (C=O) groups is 1. The van der Waals surface area contributed by atoms with Gasteiger partial charge in [-0.1, -0.05) is 6.07 Å². The first-order valence-corrected chi connectivity index (χ1v) is 6.18. The maximum atomic E-state index is 12.5. The number of nitrogens with one attached hydrogen (secondary N) is 1. The molecule has 0 spiro atoms. The van der Waals surface area contributed by atoms with Gasteiger partial charge in [-0.2, -0.15) is 13.2 Å². The Hall–Kier alpha value is -1.76. The second-order valence-electron chi connectivity index (χ2n) is 4.44. The molecule has 0 saturated carbocycles. The first kappa shape index (κ1) is 14.6. The van der Waals surface area contributed by atoms with Gasteiger partial charge < -0.3 is 9.47 Å². The number of hydrogen-bond acceptors (Lipinski definition) is 3. The Labute approximate surface area is 113 Å². The molecule has 4 nitrogen and oxygen atoms in total. The number of benzene rings is 1. The highest BCUT2D eigenvalue weighted by molar-refractivity contribution is 5.84. The van der Waals surface area contributed by atoms with Crippen LogP contribution in [-0.2, 0) is 15.7 Å². The van der Waals surface area contributed by atoms with Crippen LogP contribution in [-0.4, -0.2) is 25.4 Å². The van der Waals surface area contributed by atoms with Gasteiger partial charge in [0.1, 0.15) is 6.61 Å². The summed E-state index contributed by atoms with van der Waals surface area (Å²) >= 11 is 0. The smallest absolute Gasteiger partial charge is 0.416 e. The number of anilines is 1. The number of rotatable bonds is 3. The molecule has 1 fully saturated rings. The normalized spacial score (nSPS) is 18.9. The fourth-order valence-corrected chi connectivity index (χ4v) is 1.87. The van der Waals surface area contributed by atoms with Crippen molar-refractivity contribution in [1.29, 1.82) is 0 Å². The van der Waals surface area contributed by atoms with Gasteiger partial charge in [0.25, 0.3) is 0 Å². The molecular formula is C13H14F3NO3. The fraction of sp³-hybridized carbons (Fsp3) is 0.462. The third kappa shape index (κ3) is 4.12. The van der Waals surface area contributed by atoms with Crippen LogP contribution in [0.15, 0.2) is 24.3 Å². The van der Waals surface area contributed by atoms with Crippen molar-refractivity contribution in [2.45, 2.75) is 25.1 Å². The molecule has 1 amide bonds. The molecule has 0 bridgehead atoms. The van der Waals surface area contributed by atoms with Gasteiger partial charge in [0, 0.05) is 12.3 Å². The van der Waals surface area contributed by atoms with Crippen LogP contribution in [0.1, 0.15) is 18.4 Å². The topological polar surface area (TPSA) is 47.6 Å². The average molecular weight is 289 g/mol. The van der Waals surface area contributed by atoms with Crippen molar-refractivity contribution < 1.29 is 27.4 Å². The van der Waals surface area contributed by atoms with Gasteiger partial charge in [0.2, 0.25) is 0 Å². The lowest BCUT2D eigenvalue weighted by atomic mass is 10.2. The first-order chi connectivity index (χ1) is 9.45. The lowest BCUT2D eigenvalue weighted by molar-refractivity contribution is -0.137. The van der Waals surface area contributed by atoms with Gasteiger partial charge in [0.15, 0.2) is 0 Å². The second-order valence-corrected chi connectivity index (χ2v) is 4.44. The minimum atomic E-state index is -4.45. The molecule has 7 heteroatoms. The molecule has 1 N–H and O–H groups in total. The van der Waals surface area contributed by atoms with Crippen LogP contribution >= 0.6 is 0 Å². The molecule has 20 heavy (non-hydrogen) atoms. The van der Waals surface area contributed by atoms with Crippen molar-refractivity contribution in [3.05, 3.63) is 29.8 Å². The summed E-state index contributed by atoms with van der Waals surface area (Å²) in [6.07, 6.45) is -3.62. The summed E-state index contributed by atoms with van der Waals surface area (Å²) in [6, 6.07) is 4.37. The van der Waals surface area contributed by atoms with E-state index in [0.29, 0.717) is 6.61 Å². The third-order valence-corrected chi connectivity index (χ3v) is 2.86. The summed E-state index contributed by atoms with van der Waals surface area (Å²) in [4.78, 5) is 11.5. The van der Waals surface area contributed by atoms with E-state index in [-0.39, 0.29) is 18.4 Å². The van der Waals surface area contributed by atoms with Crippen LogP contribution in [0.5, 0.6) is 0 Å². The Kier molecular flexibility index (Phi) is 4.49. The molecule has 1 aliphatic rings. The highest BCUT2D eigenvalue weighted by Crippen LogP contribution is 2.30. The lowest BCUT2D eigenvalue weighted by Crippen LogP contribution is -2.21. The highest BCUT2D eigenvalue weighted by Gasteiger charge is 2.30. The van der Waals surface area contributed by atoms with Crippen LogP contribution in [0.3, 0.4) is 0 Å². The molecule has 110 valence electrons. The van der Waals surface area contributed by atoms with Crippen LogP contribution in [0.25, 0.3) is 0 Å². The minimum absolute atomic E-state index is 0.0390. The monoisotopic (exact) mass is 289 g/mol. The van der Waals surface area contributed by atoms with E-state index in [9.17, 15) is 18.0 Å². The zero-order valence-electron chi connectivity index (χ0n) is 10.6. The van der Waals surface area contributed by atoms with E-state index < -0.39 is 17.8 Å². The number of carbonyl (C=O) groups excluding carboxylic acids is 1. The largest absolute Gasteiger partial charge is 0.447 e.